The Kier molecular flexibility index (Phi) is 14.0. The van der Waals surface area contributed by atoms with E-state index < -0.39 is 0 Å². The topological polar surface area (TPSA) is 86.6 Å². The summed E-state index contributed by atoms with van der Waals surface area (Å²) in [7, 11) is 1.67. The van der Waals surface area contributed by atoms with Gasteiger partial charge in [-0.15, -0.1) is 0 Å². The first kappa shape index (κ1) is 35.1. The predicted molar refractivity (Wildman–Crippen MR) is 189 cm³/mol. The first-order valence-corrected chi connectivity index (χ1v) is 15.0. The van der Waals surface area contributed by atoms with Crippen LogP contribution in [0.25, 0.3) is 46.3 Å². The SMILES string of the molecule is COc1ccc(/C=C/c2ccnc(-c3cc(C)ccn3)c2)cc1.[Ru].c1ccc(-c2ccccn2)nc1.c1ccc(-c2ccccn2)nc1. The third kappa shape index (κ3) is 11.0. The zero-order valence-corrected chi connectivity index (χ0v) is 28.3. The maximum Gasteiger partial charge on any atom is 0.118 e. The van der Waals surface area contributed by atoms with Crippen molar-refractivity contribution in [3.8, 4) is 39.9 Å². The van der Waals surface area contributed by atoms with E-state index in [4.69, 9.17) is 4.74 Å². The molecule has 0 aliphatic rings. The van der Waals surface area contributed by atoms with Crippen LogP contribution in [0.3, 0.4) is 0 Å². The van der Waals surface area contributed by atoms with E-state index in [-0.39, 0.29) is 19.5 Å². The molecule has 0 spiro atoms. The largest absolute Gasteiger partial charge is 0.497 e. The van der Waals surface area contributed by atoms with Crippen molar-refractivity contribution in [3.05, 3.63) is 175 Å². The summed E-state index contributed by atoms with van der Waals surface area (Å²) in [5, 5.41) is 0. The second kappa shape index (κ2) is 19.1. The monoisotopic (exact) mass is 716 g/mol. The van der Waals surface area contributed by atoms with Gasteiger partial charge in [0, 0.05) is 56.7 Å². The van der Waals surface area contributed by atoms with E-state index in [2.05, 4.69) is 49.0 Å². The molecule has 1 aromatic carbocycles. The van der Waals surface area contributed by atoms with Crippen molar-refractivity contribution < 1.29 is 24.2 Å². The minimum atomic E-state index is 0. The van der Waals surface area contributed by atoms with Crippen LogP contribution in [-0.4, -0.2) is 37.0 Å². The zero-order valence-electron chi connectivity index (χ0n) is 26.6. The number of hydrogen-bond acceptors (Lipinski definition) is 7. The predicted octanol–water partition coefficient (Wildman–Crippen LogP) is 8.92. The van der Waals surface area contributed by atoms with Crippen LogP contribution < -0.4 is 4.74 Å². The van der Waals surface area contributed by atoms with E-state index in [1.807, 2.05) is 134 Å². The van der Waals surface area contributed by atoms with Gasteiger partial charge in [-0.25, -0.2) is 0 Å². The number of hydrogen-bond donors (Lipinski definition) is 0. The van der Waals surface area contributed by atoms with Crippen LogP contribution in [0.2, 0.25) is 0 Å². The van der Waals surface area contributed by atoms with Crippen molar-refractivity contribution in [2.45, 2.75) is 6.92 Å². The van der Waals surface area contributed by atoms with E-state index in [1.165, 1.54) is 5.56 Å². The fraction of sp³-hybridized carbons (Fsp3) is 0.0500. The molecule has 0 fully saturated rings. The molecule has 0 bridgehead atoms. The second-order valence-corrected chi connectivity index (χ2v) is 10.2. The normalized spacial score (nSPS) is 10.0. The zero-order chi connectivity index (χ0) is 32.5. The smallest absolute Gasteiger partial charge is 0.118 e. The molecule has 8 heteroatoms. The first-order chi connectivity index (χ1) is 23.2. The molecule has 0 unspecified atom stereocenters. The third-order valence-corrected chi connectivity index (χ3v) is 6.73. The number of aryl methyl sites for hydroxylation is 1. The van der Waals surface area contributed by atoms with Gasteiger partial charge in [0.1, 0.15) is 5.75 Å². The Morgan fingerprint density at radius 3 is 1.25 bits per heavy atom. The molecule has 0 radical (unpaired) electrons. The van der Waals surface area contributed by atoms with Crippen LogP contribution in [0.15, 0.2) is 159 Å². The molecule has 238 valence electrons. The van der Waals surface area contributed by atoms with Gasteiger partial charge < -0.3 is 4.74 Å². The molecular weight excluding hydrogens is 682 g/mol. The van der Waals surface area contributed by atoms with Gasteiger partial charge in [0.15, 0.2) is 0 Å². The van der Waals surface area contributed by atoms with Crippen LogP contribution in [0.5, 0.6) is 5.75 Å². The summed E-state index contributed by atoms with van der Waals surface area (Å²) in [5.74, 6) is 0.860. The Morgan fingerprint density at radius 1 is 0.417 bits per heavy atom. The Morgan fingerprint density at radius 2 is 0.833 bits per heavy atom. The molecule has 7 aromatic rings. The summed E-state index contributed by atoms with van der Waals surface area (Å²) >= 11 is 0. The number of aromatic nitrogens is 6. The fourth-order valence-electron chi connectivity index (χ4n) is 4.33. The van der Waals surface area contributed by atoms with Gasteiger partial charge in [-0.3, -0.25) is 29.9 Å². The molecule has 7 rings (SSSR count). The number of methoxy groups -OCH3 is 1. The van der Waals surface area contributed by atoms with Crippen molar-refractivity contribution in [3.63, 3.8) is 0 Å². The van der Waals surface area contributed by atoms with Gasteiger partial charge in [0.05, 0.1) is 41.3 Å². The average Bonchev–Trinajstić information content (AvgIpc) is 3.16. The molecule has 0 saturated carbocycles. The van der Waals surface area contributed by atoms with Crippen molar-refractivity contribution in [2.24, 2.45) is 0 Å². The van der Waals surface area contributed by atoms with Crippen molar-refractivity contribution in [1.82, 2.24) is 29.9 Å². The van der Waals surface area contributed by atoms with Gasteiger partial charge in [0.25, 0.3) is 0 Å². The summed E-state index contributed by atoms with van der Waals surface area (Å²) in [4.78, 5) is 25.5. The van der Waals surface area contributed by atoms with E-state index in [0.29, 0.717) is 0 Å². The number of rotatable bonds is 6. The van der Waals surface area contributed by atoms with E-state index in [9.17, 15) is 0 Å². The average molecular weight is 716 g/mol. The van der Waals surface area contributed by atoms with Crippen molar-refractivity contribution in [2.75, 3.05) is 7.11 Å². The summed E-state index contributed by atoms with van der Waals surface area (Å²) < 4.78 is 5.17. The second-order valence-electron chi connectivity index (χ2n) is 10.2. The van der Waals surface area contributed by atoms with Gasteiger partial charge in [-0.05, 0) is 109 Å². The van der Waals surface area contributed by atoms with Gasteiger partial charge in [0.2, 0.25) is 0 Å². The molecule has 0 aliphatic heterocycles. The molecule has 0 amide bonds. The van der Waals surface area contributed by atoms with Crippen LogP contribution in [-0.2, 0) is 19.5 Å². The quantitative estimate of drug-likeness (QED) is 0.159. The maximum atomic E-state index is 5.17. The Balaban J connectivity index is 0.000000176. The third-order valence-electron chi connectivity index (χ3n) is 6.73. The number of pyridine rings is 6. The Hall–Kier alpha value is -5.72. The first-order valence-electron chi connectivity index (χ1n) is 15.0. The van der Waals surface area contributed by atoms with E-state index >= 15 is 0 Å². The van der Waals surface area contributed by atoms with Crippen LogP contribution in [0.4, 0.5) is 0 Å². The van der Waals surface area contributed by atoms with Crippen molar-refractivity contribution >= 4 is 12.2 Å². The molecule has 0 saturated heterocycles. The minimum absolute atomic E-state index is 0. The molecule has 0 N–H and O–H groups in total. The summed E-state index contributed by atoms with van der Waals surface area (Å²) in [6.45, 7) is 2.05. The molecule has 0 aliphatic carbocycles. The number of benzene rings is 1. The van der Waals surface area contributed by atoms with Gasteiger partial charge in [-0.1, -0.05) is 48.6 Å². The summed E-state index contributed by atoms with van der Waals surface area (Å²) in [5.41, 5.74) is 8.82. The minimum Gasteiger partial charge on any atom is -0.497 e. The molecule has 7 nitrogen and oxygen atoms in total. The molecule has 6 aromatic heterocycles. The Bertz CT molecular complexity index is 1810. The van der Waals surface area contributed by atoms with Gasteiger partial charge in [-0.2, -0.15) is 0 Å². The Labute approximate surface area is 294 Å². The molecule has 0 atom stereocenters. The van der Waals surface area contributed by atoms with Crippen LogP contribution in [0, 0.1) is 6.92 Å². The van der Waals surface area contributed by atoms with E-state index in [1.54, 1.807) is 31.9 Å². The standard InChI is InChI=1S/C20H18N2O.2C10H8N2.Ru/c1-15-9-11-21-19(13-15)20-14-17(10-12-22-20)4-3-16-5-7-18(23-2)8-6-16;2*1-3-7-11-9(5-1)10-6-2-4-8-12-10;/h3-14H,1-2H3;2*1-8H;/b4-3+;;;. The van der Waals surface area contributed by atoms with Gasteiger partial charge >= 0.3 is 0 Å². The van der Waals surface area contributed by atoms with Crippen LogP contribution >= 0.6 is 0 Å². The van der Waals surface area contributed by atoms with Crippen LogP contribution in [0.1, 0.15) is 16.7 Å². The maximum absolute atomic E-state index is 5.17. The molecule has 48 heavy (non-hydrogen) atoms. The summed E-state index contributed by atoms with van der Waals surface area (Å²) in [6, 6.07) is 39.2. The molecular formula is C40H34N6ORu. The van der Waals surface area contributed by atoms with Crippen molar-refractivity contribution in [1.29, 1.82) is 0 Å². The number of nitrogens with zero attached hydrogens (tertiary/aromatic N) is 6. The molecule has 6 heterocycles. The van der Waals surface area contributed by atoms with E-state index in [0.717, 1.165) is 51.0 Å². The fourth-order valence-corrected chi connectivity index (χ4v) is 4.33. The number of ether oxygens (including phenoxy) is 1. The summed E-state index contributed by atoms with van der Waals surface area (Å²) in [6.07, 6.45) is 14.8.